The molecule has 1 amide bonds. The van der Waals surface area contributed by atoms with Crippen LogP contribution < -0.4 is 0 Å². The van der Waals surface area contributed by atoms with Crippen LogP contribution in [0.25, 0.3) is 0 Å². The molecule has 132 valence electrons. The maximum Gasteiger partial charge on any atom is 0.239 e. The molecule has 3 rings (SSSR count). The normalized spacial score (nSPS) is 25.3. The highest BCUT2D eigenvalue weighted by Crippen LogP contribution is 2.33. The van der Waals surface area contributed by atoms with Gasteiger partial charge in [0.25, 0.3) is 0 Å². The van der Waals surface area contributed by atoms with Crippen LogP contribution in [-0.2, 0) is 10.4 Å². The number of rotatable bonds is 2. The van der Waals surface area contributed by atoms with E-state index in [9.17, 15) is 14.3 Å². The van der Waals surface area contributed by atoms with Crippen molar-refractivity contribution in [3.63, 3.8) is 0 Å². The van der Waals surface area contributed by atoms with E-state index in [1.54, 1.807) is 12.1 Å². The number of nitrogens with zero attached hydrogens (tertiary/aromatic N) is 2. The van der Waals surface area contributed by atoms with Crippen LogP contribution in [0.2, 0.25) is 0 Å². The SMILES string of the molecule is CN1CCCCC[C@@H]1C(=O)N1CCC(O)(c2ccc(F)cc2)CC1. The van der Waals surface area contributed by atoms with E-state index in [0.29, 0.717) is 25.9 Å². The number of piperidine rings is 1. The van der Waals surface area contributed by atoms with Crippen LogP contribution in [0.1, 0.15) is 44.1 Å². The summed E-state index contributed by atoms with van der Waals surface area (Å²) in [4.78, 5) is 16.9. The third-order valence-electron chi connectivity index (χ3n) is 5.59. The first kappa shape index (κ1) is 17.4. The maximum absolute atomic E-state index is 13.1. The Morgan fingerprint density at radius 2 is 1.79 bits per heavy atom. The maximum atomic E-state index is 13.1. The second-order valence-electron chi connectivity index (χ2n) is 7.21. The number of benzene rings is 1. The van der Waals surface area contributed by atoms with Gasteiger partial charge in [-0.2, -0.15) is 0 Å². The fourth-order valence-electron chi connectivity index (χ4n) is 3.92. The molecule has 2 aliphatic heterocycles. The van der Waals surface area contributed by atoms with E-state index in [2.05, 4.69) is 4.90 Å². The Bertz CT molecular complexity index is 567. The van der Waals surface area contributed by atoms with Gasteiger partial charge in [-0.15, -0.1) is 0 Å². The summed E-state index contributed by atoms with van der Waals surface area (Å²) < 4.78 is 13.1. The molecule has 1 N–H and O–H groups in total. The lowest BCUT2D eigenvalue weighted by Crippen LogP contribution is -2.52. The van der Waals surface area contributed by atoms with Gasteiger partial charge in [-0.05, 0) is 57.0 Å². The van der Waals surface area contributed by atoms with Crippen LogP contribution in [0.4, 0.5) is 4.39 Å². The number of carbonyl (C=O) groups excluding carboxylic acids is 1. The largest absolute Gasteiger partial charge is 0.385 e. The summed E-state index contributed by atoms with van der Waals surface area (Å²) in [6.45, 7) is 2.08. The molecule has 5 heteroatoms. The molecule has 2 fully saturated rings. The number of halogens is 1. The second-order valence-corrected chi connectivity index (χ2v) is 7.21. The molecule has 1 atom stereocenters. The molecule has 0 aliphatic carbocycles. The van der Waals surface area contributed by atoms with E-state index >= 15 is 0 Å². The monoisotopic (exact) mass is 334 g/mol. The van der Waals surface area contributed by atoms with Crippen molar-refractivity contribution in [1.82, 2.24) is 9.80 Å². The zero-order valence-electron chi connectivity index (χ0n) is 14.4. The van der Waals surface area contributed by atoms with Gasteiger partial charge in [0.1, 0.15) is 5.82 Å². The first-order chi connectivity index (χ1) is 11.5. The third-order valence-corrected chi connectivity index (χ3v) is 5.59. The molecule has 2 aliphatic rings. The Hall–Kier alpha value is -1.46. The van der Waals surface area contributed by atoms with Crippen molar-refractivity contribution < 1.29 is 14.3 Å². The van der Waals surface area contributed by atoms with Crippen LogP contribution >= 0.6 is 0 Å². The molecular weight excluding hydrogens is 307 g/mol. The van der Waals surface area contributed by atoms with Crippen molar-refractivity contribution in [3.8, 4) is 0 Å². The molecule has 2 saturated heterocycles. The van der Waals surface area contributed by atoms with Gasteiger partial charge in [0.15, 0.2) is 0 Å². The van der Waals surface area contributed by atoms with Crippen molar-refractivity contribution in [2.45, 2.75) is 50.2 Å². The standard InChI is InChI=1S/C19H27FN2O2/c1-21-12-4-2-3-5-17(21)18(23)22-13-10-19(24,11-14-22)15-6-8-16(20)9-7-15/h6-9,17,24H,2-5,10-14H2,1H3/t17-/m1/s1. The predicted molar refractivity (Wildman–Crippen MR) is 91.0 cm³/mol. The lowest BCUT2D eigenvalue weighted by molar-refractivity contribution is -0.141. The molecule has 4 nitrogen and oxygen atoms in total. The lowest BCUT2D eigenvalue weighted by Gasteiger charge is -2.40. The Balaban J connectivity index is 1.63. The van der Waals surface area contributed by atoms with Crippen molar-refractivity contribution in [3.05, 3.63) is 35.6 Å². The fourth-order valence-corrected chi connectivity index (χ4v) is 3.92. The number of likely N-dealkylation sites (N-methyl/N-ethyl adjacent to an activating group) is 1. The summed E-state index contributed by atoms with van der Waals surface area (Å²) >= 11 is 0. The summed E-state index contributed by atoms with van der Waals surface area (Å²) in [5.74, 6) is -0.105. The van der Waals surface area contributed by atoms with Crippen molar-refractivity contribution in [2.24, 2.45) is 0 Å². The summed E-state index contributed by atoms with van der Waals surface area (Å²) in [5, 5.41) is 10.9. The summed E-state index contributed by atoms with van der Waals surface area (Å²) in [6, 6.07) is 6.03. The highest BCUT2D eigenvalue weighted by molar-refractivity contribution is 5.82. The van der Waals surface area contributed by atoms with Gasteiger partial charge in [0.05, 0.1) is 11.6 Å². The smallest absolute Gasteiger partial charge is 0.239 e. The average molecular weight is 334 g/mol. The quantitative estimate of drug-likeness (QED) is 0.904. The van der Waals surface area contributed by atoms with E-state index in [4.69, 9.17) is 0 Å². The minimum atomic E-state index is -0.958. The molecule has 0 aromatic heterocycles. The van der Waals surface area contributed by atoms with Crippen LogP contribution in [0.5, 0.6) is 0 Å². The van der Waals surface area contributed by atoms with Crippen LogP contribution in [0, 0.1) is 5.82 Å². The van der Waals surface area contributed by atoms with Gasteiger partial charge in [-0.1, -0.05) is 25.0 Å². The zero-order valence-corrected chi connectivity index (χ0v) is 14.4. The van der Waals surface area contributed by atoms with E-state index in [1.807, 2.05) is 11.9 Å². The van der Waals surface area contributed by atoms with Gasteiger partial charge in [-0.3, -0.25) is 9.69 Å². The van der Waals surface area contributed by atoms with E-state index in [1.165, 1.54) is 18.6 Å². The Kier molecular flexibility index (Phi) is 5.21. The molecule has 24 heavy (non-hydrogen) atoms. The summed E-state index contributed by atoms with van der Waals surface area (Å²) in [6.07, 6.45) is 5.38. The molecule has 0 saturated carbocycles. The molecule has 1 aromatic rings. The lowest BCUT2D eigenvalue weighted by atomic mass is 9.84. The van der Waals surface area contributed by atoms with E-state index < -0.39 is 5.60 Å². The number of likely N-dealkylation sites (tertiary alicyclic amines) is 2. The highest BCUT2D eigenvalue weighted by atomic mass is 19.1. The molecule has 0 radical (unpaired) electrons. The molecular formula is C19H27FN2O2. The van der Waals surface area contributed by atoms with E-state index in [0.717, 1.165) is 31.4 Å². The first-order valence-corrected chi connectivity index (χ1v) is 8.97. The van der Waals surface area contributed by atoms with Crippen LogP contribution in [-0.4, -0.2) is 53.5 Å². The Morgan fingerprint density at radius 1 is 1.12 bits per heavy atom. The number of carbonyl (C=O) groups is 1. The highest BCUT2D eigenvalue weighted by Gasteiger charge is 2.37. The number of hydrogen-bond donors (Lipinski definition) is 1. The van der Waals surface area contributed by atoms with Gasteiger partial charge in [0, 0.05) is 13.1 Å². The van der Waals surface area contributed by atoms with Crippen molar-refractivity contribution in [1.29, 1.82) is 0 Å². The Labute approximate surface area is 143 Å². The zero-order chi connectivity index (χ0) is 17.2. The molecule has 2 heterocycles. The van der Waals surface area contributed by atoms with Gasteiger partial charge in [-0.25, -0.2) is 4.39 Å². The molecule has 1 aromatic carbocycles. The third kappa shape index (κ3) is 3.62. The number of amides is 1. The van der Waals surface area contributed by atoms with Crippen molar-refractivity contribution >= 4 is 5.91 Å². The van der Waals surface area contributed by atoms with Gasteiger partial charge in [0.2, 0.25) is 5.91 Å². The van der Waals surface area contributed by atoms with E-state index in [-0.39, 0.29) is 17.8 Å². The number of aliphatic hydroxyl groups is 1. The summed E-state index contributed by atoms with van der Waals surface area (Å²) in [7, 11) is 2.03. The molecule has 0 unspecified atom stereocenters. The van der Waals surface area contributed by atoms with Gasteiger partial charge >= 0.3 is 0 Å². The van der Waals surface area contributed by atoms with Crippen LogP contribution in [0.3, 0.4) is 0 Å². The average Bonchev–Trinajstić information content (AvgIpc) is 2.80. The number of hydrogen-bond acceptors (Lipinski definition) is 3. The Morgan fingerprint density at radius 3 is 2.46 bits per heavy atom. The topological polar surface area (TPSA) is 43.8 Å². The minimum absolute atomic E-state index is 0.0236. The molecule has 0 bridgehead atoms. The van der Waals surface area contributed by atoms with Crippen molar-refractivity contribution in [2.75, 3.05) is 26.7 Å². The predicted octanol–water partition coefficient (Wildman–Crippen LogP) is 2.51. The first-order valence-electron chi connectivity index (χ1n) is 8.97. The fraction of sp³-hybridized carbons (Fsp3) is 0.632. The van der Waals surface area contributed by atoms with Crippen LogP contribution in [0.15, 0.2) is 24.3 Å². The molecule has 0 spiro atoms. The summed E-state index contributed by atoms with van der Waals surface area (Å²) in [5.41, 5.74) is -0.220. The second kappa shape index (κ2) is 7.19. The van der Waals surface area contributed by atoms with Gasteiger partial charge < -0.3 is 10.0 Å². The minimum Gasteiger partial charge on any atom is -0.385 e.